The summed E-state index contributed by atoms with van der Waals surface area (Å²) in [6.07, 6.45) is -0.834. The van der Waals surface area contributed by atoms with Crippen LogP contribution in [0.1, 0.15) is 56.2 Å². The summed E-state index contributed by atoms with van der Waals surface area (Å²) < 4.78 is 6.49. The van der Waals surface area contributed by atoms with Crippen LogP contribution in [0.15, 0.2) is 34.0 Å². The molecule has 1 aromatic heterocycles. The molecule has 1 amide bonds. The van der Waals surface area contributed by atoms with Gasteiger partial charge in [0.2, 0.25) is 0 Å². The van der Waals surface area contributed by atoms with Gasteiger partial charge in [0.05, 0.1) is 5.56 Å². The number of aryl methyl sites for hydroxylation is 1. The minimum absolute atomic E-state index is 0.0408. The van der Waals surface area contributed by atoms with Gasteiger partial charge in [-0.1, -0.05) is 30.0 Å². The van der Waals surface area contributed by atoms with Gasteiger partial charge in [0.15, 0.2) is 6.10 Å². The van der Waals surface area contributed by atoms with Crippen LogP contribution in [0.4, 0.5) is 0 Å². The standard InChI is InChI=1S/C21H28N2O3S2/c1-13(2)23(14(3)4)19(24)16(6)26-20(25)18-10-8-7-9-17(18)12-28-21-22-15(5)11-27-21/h7-11,13-14,16H,12H2,1-6H3/t16-/m1/s1. The second kappa shape index (κ2) is 10.1. The van der Waals surface area contributed by atoms with E-state index in [2.05, 4.69) is 4.98 Å². The van der Waals surface area contributed by atoms with Crippen LogP contribution < -0.4 is 0 Å². The highest BCUT2D eigenvalue weighted by Crippen LogP contribution is 2.27. The second-order valence-corrected chi connectivity index (χ2v) is 9.26. The number of hydrogen-bond donors (Lipinski definition) is 0. The normalized spacial score (nSPS) is 12.3. The van der Waals surface area contributed by atoms with E-state index >= 15 is 0 Å². The number of carbonyl (C=O) groups excluding carboxylic acids is 2. The van der Waals surface area contributed by atoms with Crippen LogP contribution in [-0.4, -0.2) is 39.9 Å². The van der Waals surface area contributed by atoms with E-state index in [0.717, 1.165) is 15.6 Å². The highest BCUT2D eigenvalue weighted by molar-refractivity contribution is 8.00. The number of carbonyl (C=O) groups is 2. The zero-order valence-corrected chi connectivity index (χ0v) is 18.9. The van der Waals surface area contributed by atoms with E-state index in [9.17, 15) is 9.59 Å². The summed E-state index contributed by atoms with van der Waals surface area (Å²) in [4.78, 5) is 31.7. The van der Waals surface area contributed by atoms with Crippen molar-refractivity contribution >= 4 is 35.0 Å². The van der Waals surface area contributed by atoms with E-state index in [1.807, 2.05) is 52.1 Å². The third-order valence-corrected chi connectivity index (χ3v) is 6.37. The molecule has 0 aliphatic rings. The Hall–Kier alpha value is -1.86. The third kappa shape index (κ3) is 5.82. The van der Waals surface area contributed by atoms with Gasteiger partial charge in [-0.25, -0.2) is 9.78 Å². The third-order valence-electron chi connectivity index (χ3n) is 4.19. The molecule has 2 rings (SSSR count). The Balaban J connectivity index is 2.08. The van der Waals surface area contributed by atoms with Crippen LogP contribution in [0.5, 0.6) is 0 Å². The zero-order chi connectivity index (χ0) is 20.8. The molecule has 7 heteroatoms. The largest absolute Gasteiger partial charge is 0.449 e. The topological polar surface area (TPSA) is 59.5 Å². The molecule has 0 N–H and O–H groups in total. The lowest BCUT2D eigenvalue weighted by molar-refractivity contribution is -0.143. The quantitative estimate of drug-likeness (QED) is 0.447. The Morgan fingerprint density at radius 2 is 1.79 bits per heavy atom. The number of amides is 1. The molecule has 0 saturated carbocycles. The lowest BCUT2D eigenvalue weighted by atomic mass is 10.1. The van der Waals surface area contributed by atoms with E-state index < -0.39 is 12.1 Å². The smallest absolute Gasteiger partial charge is 0.339 e. The van der Waals surface area contributed by atoms with Crippen LogP contribution in [0.3, 0.4) is 0 Å². The van der Waals surface area contributed by atoms with Gasteiger partial charge in [-0.15, -0.1) is 11.3 Å². The molecule has 1 heterocycles. The van der Waals surface area contributed by atoms with Crippen molar-refractivity contribution in [1.29, 1.82) is 0 Å². The first-order valence-corrected chi connectivity index (χ1v) is 11.2. The first kappa shape index (κ1) is 22.4. The zero-order valence-electron chi connectivity index (χ0n) is 17.3. The Kier molecular flexibility index (Phi) is 8.07. The van der Waals surface area contributed by atoms with Crippen molar-refractivity contribution in [2.45, 2.75) is 69.8 Å². The van der Waals surface area contributed by atoms with Crippen LogP contribution in [-0.2, 0) is 15.3 Å². The van der Waals surface area contributed by atoms with Crippen molar-refractivity contribution in [3.63, 3.8) is 0 Å². The first-order chi connectivity index (χ1) is 13.2. The molecule has 1 atom stereocenters. The molecule has 28 heavy (non-hydrogen) atoms. The molecular formula is C21H28N2O3S2. The Labute approximate surface area is 175 Å². The molecule has 152 valence electrons. The van der Waals surface area contributed by atoms with Gasteiger partial charge in [0.1, 0.15) is 4.34 Å². The molecule has 0 aliphatic heterocycles. The molecule has 0 aliphatic carbocycles. The number of nitrogens with zero attached hydrogens (tertiary/aromatic N) is 2. The average Bonchev–Trinajstić information content (AvgIpc) is 3.04. The van der Waals surface area contributed by atoms with Crippen LogP contribution in [0, 0.1) is 6.92 Å². The SMILES string of the molecule is Cc1csc(SCc2ccccc2C(=O)O[C@H](C)C(=O)N(C(C)C)C(C)C)n1. The van der Waals surface area contributed by atoms with Gasteiger partial charge in [0.25, 0.3) is 5.91 Å². The maximum Gasteiger partial charge on any atom is 0.339 e. The van der Waals surface area contributed by atoms with Gasteiger partial charge in [-0.3, -0.25) is 4.79 Å². The van der Waals surface area contributed by atoms with E-state index in [-0.39, 0.29) is 18.0 Å². The van der Waals surface area contributed by atoms with Crippen molar-refractivity contribution in [3.05, 3.63) is 46.5 Å². The number of hydrogen-bond acceptors (Lipinski definition) is 6. The summed E-state index contributed by atoms with van der Waals surface area (Å²) in [7, 11) is 0. The number of ether oxygens (including phenoxy) is 1. The molecule has 0 spiro atoms. The minimum Gasteiger partial charge on any atom is -0.449 e. The number of esters is 1. The Morgan fingerprint density at radius 3 is 2.36 bits per heavy atom. The number of rotatable bonds is 8. The number of thiazole rings is 1. The molecule has 2 aromatic rings. The fraction of sp³-hybridized carbons (Fsp3) is 0.476. The Morgan fingerprint density at radius 1 is 1.14 bits per heavy atom. The molecule has 1 aromatic carbocycles. The molecule has 0 radical (unpaired) electrons. The van der Waals surface area contributed by atoms with E-state index in [0.29, 0.717) is 11.3 Å². The maximum absolute atomic E-state index is 12.7. The summed E-state index contributed by atoms with van der Waals surface area (Å²) in [5, 5.41) is 2.00. The highest BCUT2D eigenvalue weighted by atomic mass is 32.2. The Bertz CT molecular complexity index is 809. The number of benzene rings is 1. The molecule has 0 bridgehead atoms. The highest BCUT2D eigenvalue weighted by Gasteiger charge is 2.28. The summed E-state index contributed by atoms with van der Waals surface area (Å²) in [6.45, 7) is 11.4. The summed E-state index contributed by atoms with van der Waals surface area (Å²) in [5.74, 6) is -0.0340. The number of thioether (sulfide) groups is 1. The van der Waals surface area contributed by atoms with E-state index in [1.54, 1.807) is 47.1 Å². The molecule has 5 nitrogen and oxygen atoms in total. The predicted molar refractivity (Wildman–Crippen MR) is 115 cm³/mol. The van der Waals surface area contributed by atoms with Gasteiger partial charge in [0, 0.05) is 28.9 Å². The van der Waals surface area contributed by atoms with Crippen molar-refractivity contribution in [2.75, 3.05) is 0 Å². The summed E-state index contributed by atoms with van der Waals surface area (Å²) in [6, 6.07) is 7.43. The predicted octanol–water partition coefficient (Wildman–Crippen LogP) is 4.93. The summed E-state index contributed by atoms with van der Waals surface area (Å²) >= 11 is 3.18. The maximum atomic E-state index is 12.7. The second-order valence-electron chi connectivity index (χ2n) is 7.18. The van der Waals surface area contributed by atoms with Crippen LogP contribution in [0.25, 0.3) is 0 Å². The van der Waals surface area contributed by atoms with E-state index in [4.69, 9.17) is 4.74 Å². The molecule has 0 fully saturated rings. The molecule has 0 saturated heterocycles. The van der Waals surface area contributed by atoms with Crippen LogP contribution in [0.2, 0.25) is 0 Å². The average molecular weight is 421 g/mol. The van der Waals surface area contributed by atoms with Gasteiger partial charge < -0.3 is 9.64 Å². The molecular weight excluding hydrogens is 392 g/mol. The van der Waals surface area contributed by atoms with Crippen LogP contribution >= 0.6 is 23.1 Å². The summed E-state index contributed by atoms with van der Waals surface area (Å²) in [5.41, 5.74) is 2.35. The monoisotopic (exact) mass is 420 g/mol. The first-order valence-electron chi connectivity index (χ1n) is 9.36. The van der Waals surface area contributed by atoms with Crippen molar-refractivity contribution in [1.82, 2.24) is 9.88 Å². The lowest BCUT2D eigenvalue weighted by Crippen LogP contribution is -2.47. The lowest BCUT2D eigenvalue weighted by Gasteiger charge is -2.32. The fourth-order valence-electron chi connectivity index (χ4n) is 2.97. The minimum atomic E-state index is -0.834. The van der Waals surface area contributed by atoms with Gasteiger partial charge >= 0.3 is 5.97 Å². The number of aromatic nitrogens is 1. The van der Waals surface area contributed by atoms with Crippen molar-refractivity contribution in [2.24, 2.45) is 0 Å². The van der Waals surface area contributed by atoms with Crippen molar-refractivity contribution in [3.8, 4) is 0 Å². The van der Waals surface area contributed by atoms with Crippen molar-refractivity contribution < 1.29 is 14.3 Å². The van der Waals surface area contributed by atoms with Gasteiger partial charge in [-0.2, -0.15) is 0 Å². The van der Waals surface area contributed by atoms with E-state index in [1.165, 1.54) is 0 Å². The van der Waals surface area contributed by atoms with Gasteiger partial charge in [-0.05, 0) is 53.2 Å². The molecule has 0 unspecified atom stereocenters. The fourth-order valence-corrected chi connectivity index (χ4v) is 4.83.